The maximum atomic E-state index is 12.1. The molecule has 0 spiro atoms. The fraction of sp³-hybridized carbons (Fsp3) is 0.235. The molecule has 0 aliphatic heterocycles. The summed E-state index contributed by atoms with van der Waals surface area (Å²) in [6.07, 6.45) is 1.06. The zero-order chi connectivity index (χ0) is 17.7. The third-order valence-corrected chi connectivity index (χ3v) is 5.01. The summed E-state index contributed by atoms with van der Waals surface area (Å²) >= 11 is 6.06. The zero-order valence-corrected chi connectivity index (χ0v) is 15.1. The molecular formula is C17H19ClN2O3S. The lowest BCUT2D eigenvalue weighted by Gasteiger charge is -2.22. The largest absolute Gasteiger partial charge is 0.350 e. The molecule has 0 saturated heterocycles. The predicted molar refractivity (Wildman–Crippen MR) is 96.7 cm³/mol. The van der Waals surface area contributed by atoms with Gasteiger partial charge < -0.3 is 5.32 Å². The van der Waals surface area contributed by atoms with Crippen molar-refractivity contribution in [2.24, 2.45) is 0 Å². The molecule has 1 amide bonds. The maximum Gasteiger partial charge on any atom is 0.241 e. The number of amides is 1. The molecule has 0 atom stereocenters. The van der Waals surface area contributed by atoms with Crippen LogP contribution in [0.5, 0.6) is 0 Å². The number of nitrogens with one attached hydrogen (secondary N) is 1. The molecule has 0 saturated carbocycles. The maximum absolute atomic E-state index is 12.1. The van der Waals surface area contributed by atoms with E-state index in [1.807, 2.05) is 37.3 Å². The molecule has 0 aliphatic rings. The van der Waals surface area contributed by atoms with E-state index in [-0.39, 0.29) is 12.5 Å². The van der Waals surface area contributed by atoms with Crippen molar-refractivity contribution in [1.29, 1.82) is 0 Å². The Morgan fingerprint density at radius 3 is 2.42 bits per heavy atom. The lowest BCUT2D eigenvalue weighted by molar-refractivity contribution is -0.119. The van der Waals surface area contributed by atoms with E-state index >= 15 is 0 Å². The molecule has 0 aliphatic carbocycles. The van der Waals surface area contributed by atoms with Gasteiger partial charge in [0.1, 0.15) is 6.54 Å². The monoisotopic (exact) mass is 366 g/mol. The minimum atomic E-state index is -3.61. The van der Waals surface area contributed by atoms with Crippen LogP contribution < -0.4 is 9.62 Å². The van der Waals surface area contributed by atoms with Crippen molar-refractivity contribution >= 4 is 33.2 Å². The first-order valence-electron chi connectivity index (χ1n) is 7.32. The summed E-state index contributed by atoms with van der Waals surface area (Å²) in [5.41, 5.74) is 2.14. The van der Waals surface area contributed by atoms with Gasteiger partial charge in [0.25, 0.3) is 0 Å². The Morgan fingerprint density at radius 1 is 1.17 bits per heavy atom. The van der Waals surface area contributed by atoms with E-state index in [0.29, 0.717) is 17.3 Å². The van der Waals surface area contributed by atoms with Gasteiger partial charge in [-0.25, -0.2) is 8.42 Å². The Balaban J connectivity index is 2.11. The van der Waals surface area contributed by atoms with Crippen LogP contribution in [0.4, 0.5) is 5.69 Å². The highest BCUT2D eigenvalue weighted by molar-refractivity contribution is 7.92. The topological polar surface area (TPSA) is 66.5 Å². The number of hydrogen-bond acceptors (Lipinski definition) is 3. The minimum absolute atomic E-state index is 0.301. The molecule has 5 nitrogen and oxygen atoms in total. The average Bonchev–Trinajstić information content (AvgIpc) is 2.53. The normalized spacial score (nSPS) is 11.1. The number of carbonyl (C=O) groups excluding carboxylic acids is 1. The number of rotatable bonds is 6. The summed E-state index contributed by atoms with van der Waals surface area (Å²) < 4.78 is 25.1. The Morgan fingerprint density at radius 2 is 1.83 bits per heavy atom. The molecule has 0 aromatic heterocycles. The van der Waals surface area contributed by atoms with Crippen LogP contribution in [0, 0.1) is 6.92 Å². The van der Waals surface area contributed by atoms with Gasteiger partial charge >= 0.3 is 0 Å². The summed E-state index contributed by atoms with van der Waals surface area (Å²) in [5.74, 6) is -0.388. The molecule has 1 N–H and O–H groups in total. The standard InChI is InChI=1S/C17H19ClN2O3S/c1-13-8-9-15(10-16(13)18)20(24(2,22)23)12-17(21)19-11-14-6-4-3-5-7-14/h3-10H,11-12H2,1-2H3,(H,19,21). The van der Waals surface area contributed by atoms with E-state index in [2.05, 4.69) is 5.32 Å². The second-order valence-electron chi connectivity index (χ2n) is 5.47. The Bertz CT molecular complexity index is 823. The number of carbonyl (C=O) groups is 1. The van der Waals surface area contributed by atoms with Crippen molar-refractivity contribution in [1.82, 2.24) is 5.32 Å². The van der Waals surface area contributed by atoms with Gasteiger partial charge in [-0.3, -0.25) is 9.10 Å². The first kappa shape index (κ1) is 18.3. The van der Waals surface area contributed by atoms with Crippen molar-refractivity contribution < 1.29 is 13.2 Å². The minimum Gasteiger partial charge on any atom is -0.350 e. The van der Waals surface area contributed by atoms with Crippen LogP contribution in [0.2, 0.25) is 5.02 Å². The molecule has 2 rings (SSSR count). The first-order chi connectivity index (χ1) is 11.3. The quantitative estimate of drug-likeness (QED) is 0.854. The van der Waals surface area contributed by atoms with Crippen LogP contribution in [0.15, 0.2) is 48.5 Å². The van der Waals surface area contributed by atoms with Gasteiger partial charge in [0.05, 0.1) is 11.9 Å². The van der Waals surface area contributed by atoms with Crippen LogP contribution in [-0.2, 0) is 21.4 Å². The molecule has 0 radical (unpaired) electrons. The van der Waals surface area contributed by atoms with Gasteiger partial charge in [0, 0.05) is 11.6 Å². The number of halogens is 1. The van der Waals surface area contributed by atoms with Gasteiger partial charge in [-0.15, -0.1) is 0 Å². The summed E-state index contributed by atoms with van der Waals surface area (Å²) in [6, 6.07) is 14.3. The first-order valence-corrected chi connectivity index (χ1v) is 9.54. The second-order valence-corrected chi connectivity index (χ2v) is 7.78. The van der Waals surface area contributed by atoms with Crippen molar-refractivity contribution in [2.45, 2.75) is 13.5 Å². The molecule has 24 heavy (non-hydrogen) atoms. The number of hydrogen-bond donors (Lipinski definition) is 1. The van der Waals surface area contributed by atoms with Crippen molar-refractivity contribution in [3.05, 3.63) is 64.7 Å². The van der Waals surface area contributed by atoms with Crippen LogP contribution in [0.25, 0.3) is 0 Å². The summed E-state index contributed by atoms with van der Waals surface area (Å²) in [5, 5.41) is 3.17. The molecule has 7 heteroatoms. The van der Waals surface area contributed by atoms with Crippen LogP contribution >= 0.6 is 11.6 Å². The molecule has 128 valence electrons. The van der Waals surface area contributed by atoms with E-state index in [9.17, 15) is 13.2 Å². The highest BCUT2D eigenvalue weighted by atomic mass is 35.5. The van der Waals surface area contributed by atoms with Gasteiger partial charge in [-0.2, -0.15) is 0 Å². The molecule has 0 bridgehead atoms. The van der Waals surface area contributed by atoms with Crippen molar-refractivity contribution in [3.63, 3.8) is 0 Å². The highest BCUT2D eigenvalue weighted by Crippen LogP contribution is 2.24. The fourth-order valence-corrected chi connectivity index (χ4v) is 3.14. The van der Waals surface area contributed by atoms with Gasteiger partial charge in [-0.05, 0) is 30.2 Å². The lowest BCUT2D eigenvalue weighted by atomic mass is 10.2. The number of benzene rings is 2. The number of anilines is 1. The van der Waals surface area contributed by atoms with Crippen molar-refractivity contribution in [2.75, 3.05) is 17.1 Å². The average molecular weight is 367 g/mol. The van der Waals surface area contributed by atoms with Crippen LogP contribution in [-0.4, -0.2) is 27.1 Å². The van der Waals surface area contributed by atoms with Crippen molar-refractivity contribution in [3.8, 4) is 0 Å². The van der Waals surface area contributed by atoms with E-state index in [0.717, 1.165) is 21.7 Å². The zero-order valence-electron chi connectivity index (χ0n) is 13.5. The van der Waals surface area contributed by atoms with Crippen LogP contribution in [0.3, 0.4) is 0 Å². The summed E-state index contributed by atoms with van der Waals surface area (Å²) in [6.45, 7) is 1.86. The Hall–Kier alpha value is -2.05. The fourth-order valence-electron chi connectivity index (χ4n) is 2.12. The lowest BCUT2D eigenvalue weighted by Crippen LogP contribution is -2.40. The molecule has 0 heterocycles. The third kappa shape index (κ3) is 4.97. The van der Waals surface area contributed by atoms with E-state index in [1.54, 1.807) is 18.2 Å². The smallest absolute Gasteiger partial charge is 0.241 e. The summed E-state index contributed by atoms with van der Waals surface area (Å²) in [4.78, 5) is 12.1. The number of sulfonamides is 1. The second kappa shape index (κ2) is 7.68. The molecule has 2 aromatic carbocycles. The highest BCUT2D eigenvalue weighted by Gasteiger charge is 2.21. The number of aryl methyl sites for hydroxylation is 1. The SMILES string of the molecule is Cc1ccc(N(CC(=O)NCc2ccccc2)S(C)(=O)=O)cc1Cl. The Kier molecular flexibility index (Phi) is 5.85. The van der Waals surface area contributed by atoms with Crippen LogP contribution in [0.1, 0.15) is 11.1 Å². The van der Waals surface area contributed by atoms with Gasteiger partial charge in [0.2, 0.25) is 15.9 Å². The third-order valence-electron chi connectivity index (χ3n) is 3.46. The molecule has 0 unspecified atom stereocenters. The Labute approximate surface area is 147 Å². The molecular weight excluding hydrogens is 348 g/mol. The van der Waals surface area contributed by atoms with E-state index in [1.165, 1.54) is 0 Å². The predicted octanol–water partition coefficient (Wildman–Crippen LogP) is 2.73. The number of nitrogens with zero attached hydrogens (tertiary/aromatic N) is 1. The molecule has 2 aromatic rings. The van der Waals surface area contributed by atoms with E-state index < -0.39 is 10.0 Å². The van der Waals surface area contributed by atoms with E-state index in [4.69, 9.17) is 11.6 Å². The van der Waals surface area contributed by atoms with Gasteiger partial charge in [0.15, 0.2) is 0 Å². The summed E-state index contributed by atoms with van der Waals surface area (Å²) in [7, 11) is -3.61. The van der Waals surface area contributed by atoms with Gasteiger partial charge in [-0.1, -0.05) is 48.0 Å². The molecule has 0 fully saturated rings.